The molecule has 0 bridgehead atoms. The third-order valence-corrected chi connectivity index (χ3v) is 6.50. The molecule has 2 atom stereocenters. The number of amides is 1. The molecule has 3 rings (SSSR count). The van der Waals surface area contributed by atoms with Crippen molar-refractivity contribution in [2.75, 3.05) is 11.4 Å². The predicted octanol–water partition coefficient (Wildman–Crippen LogP) is 7.46. The number of halogens is 7. The van der Waals surface area contributed by atoms with E-state index in [1.54, 1.807) is 30.6 Å². The summed E-state index contributed by atoms with van der Waals surface area (Å²) in [4.78, 5) is 24.5. The smallest absolute Gasteiger partial charge is 0.416 e. The number of hydrogen-bond donors (Lipinski definition) is 0. The predicted molar refractivity (Wildman–Crippen MR) is 132 cm³/mol. The van der Waals surface area contributed by atoms with Crippen molar-refractivity contribution in [1.82, 2.24) is 14.9 Å². The molecule has 0 aliphatic carbocycles. The van der Waals surface area contributed by atoms with E-state index in [0.717, 1.165) is 0 Å². The molecule has 1 aliphatic heterocycles. The van der Waals surface area contributed by atoms with Crippen molar-refractivity contribution in [2.45, 2.75) is 83.5 Å². The Hall–Kier alpha value is -2.57. The molecule has 0 unspecified atom stereocenters. The SMILES string of the molecule is CC[C@@H]1C[C@H](N(Cc2cc(C(F)(F)F)cc(C(F)(F)F)c2)c2ncc(Br)cn2)CCN1C(=O)OC(C)(C)C. The van der Waals surface area contributed by atoms with Gasteiger partial charge in [-0.25, -0.2) is 14.8 Å². The van der Waals surface area contributed by atoms with Gasteiger partial charge in [0.05, 0.1) is 15.6 Å². The molecular formula is C25H29BrF6N4O2. The molecule has 1 fully saturated rings. The first-order valence-corrected chi connectivity index (χ1v) is 12.8. The molecule has 6 nitrogen and oxygen atoms in total. The van der Waals surface area contributed by atoms with Crippen molar-refractivity contribution in [3.8, 4) is 0 Å². The zero-order valence-electron chi connectivity index (χ0n) is 21.3. The van der Waals surface area contributed by atoms with Crippen molar-refractivity contribution in [3.05, 3.63) is 51.8 Å². The minimum absolute atomic E-state index is 0.108. The van der Waals surface area contributed by atoms with Gasteiger partial charge < -0.3 is 14.5 Å². The highest BCUT2D eigenvalue weighted by Gasteiger charge is 2.39. The average molecular weight is 611 g/mol. The second-order valence-corrected chi connectivity index (χ2v) is 11.1. The molecule has 210 valence electrons. The summed E-state index contributed by atoms with van der Waals surface area (Å²) in [6, 6.07) is 0.927. The lowest BCUT2D eigenvalue weighted by atomic mass is 9.94. The highest BCUT2D eigenvalue weighted by Crippen LogP contribution is 2.37. The van der Waals surface area contributed by atoms with Gasteiger partial charge in [0.1, 0.15) is 5.60 Å². The number of piperidine rings is 1. The van der Waals surface area contributed by atoms with Crippen LogP contribution in [-0.4, -0.2) is 45.2 Å². The van der Waals surface area contributed by atoms with E-state index in [1.165, 1.54) is 12.4 Å². The van der Waals surface area contributed by atoms with Crippen LogP contribution in [0.15, 0.2) is 35.1 Å². The van der Waals surface area contributed by atoms with E-state index in [0.29, 0.717) is 42.4 Å². The van der Waals surface area contributed by atoms with Crippen molar-refractivity contribution < 1.29 is 35.9 Å². The summed E-state index contributed by atoms with van der Waals surface area (Å²) in [6.45, 7) is 7.18. The summed E-state index contributed by atoms with van der Waals surface area (Å²) >= 11 is 3.24. The second kappa shape index (κ2) is 11.3. The van der Waals surface area contributed by atoms with E-state index in [9.17, 15) is 31.1 Å². The zero-order chi connectivity index (χ0) is 28.5. The first kappa shape index (κ1) is 30.0. The summed E-state index contributed by atoms with van der Waals surface area (Å²) in [5.74, 6) is 0.157. The number of nitrogens with zero attached hydrogens (tertiary/aromatic N) is 4. The summed E-state index contributed by atoms with van der Waals surface area (Å²) < 4.78 is 86.9. The number of aromatic nitrogens is 2. The number of carbonyl (C=O) groups is 1. The molecule has 1 aromatic heterocycles. The first-order chi connectivity index (χ1) is 17.5. The highest BCUT2D eigenvalue weighted by atomic mass is 79.9. The Morgan fingerprint density at radius 1 is 1.05 bits per heavy atom. The molecule has 1 amide bonds. The minimum atomic E-state index is -4.96. The van der Waals surface area contributed by atoms with Gasteiger partial charge in [0.2, 0.25) is 5.95 Å². The fourth-order valence-corrected chi connectivity index (χ4v) is 4.59. The van der Waals surface area contributed by atoms with E-state index < -0.39 is 35.2 Å². The molecule has 1 aliphatic rings. The lowest BCUT2D eigenvalue weighted by molar-refractivity contribution is -0.143. The maximum atomic E-state index is 13.5. The molecule has 0 N–H and O–H groups in total. The van der Waals surface area contributed by atoms with E-state index in [2.05, 4.69) is 25.9 Å². The van der Waals surface area contributed by atoms with Crippen LogP contribution in [0.3, 0.4) is 0 Å². The molecule has 38 heavy (non-hydrogen) atoms. The number of ether oxygens (including phenoxy) is 1. The van der Waals surface area contributed by atoms with Crippen LogP contribution in [0, 0.1) is 0 Å². The lowest BCUT2D eigenvalue weighted by Crippen LogP contribution is -2.53. The van der Waals surface area contributed by atoms with Gasteiger partial charge in [-0.15, -0.1) is 0 Å². The van der Waals surface area contributed by atoms with E-state index in [-0.39, 0.29) is 36.2 Å². The third-order valence-electron chi connectivity index (χ3n) is 6.09. The number of carbonyl (C=O) groups excluding carboxylic acids is 1. The van der Waals surface area contributed by atoms with Crippen LogP contribution >= 0.6 is 15.9 Å². The van der Waals surface area contributed by atoms with Gasteiger partial charge in [-0.05, 0) is 79.7 Å². The maximum absolute atomic E-state index is 13.5. The molecule has 0 radical (unpaired) electrons. The number of benzene rings is 1. The van der Waals surface area contributed by atoms with Gasteiger partial charge in [-0.2, -0.15) is 26.3 Å². The number of likely N-dealkylation sites (tertiary alicyclic amines) is 1. The van der Waals surface area contributed by atoms with Crippen molar-refractivity contribution in [1.29, 1.82) is 0 Å². The topological polar surface area (TPSA) is 58.6 Å². The Bertz CT molecular complexity index is 1090. The van der Waals surface area contributed by atoms with E-state index in [4.69, 9.17) is 4.74 Å². The molecular weight excluding hydrogens is 582 g/mol. The third kappa shape index (κ3) is 7.73. The van der Waals surface area contributed by atoms with Gasteiger partial charge in [-0.1, -0.05) is 6.92 Å². The number of alkyl halides is 6. The van der Waals surface area contributed by atoms with Crippen LogP contribution in [-0.2, 0) is 23.6 Å². The Labute approximate surface area is 225 Å². The molecule has 1 saturated heterocycles. The maximum Gasteiger partial charge on any atom is 0.416 e. The Balaban J connectivity index is 1.97. The monoisotopic (exact) mass is 610 g/mol. The standard InChI is InChI=1S/C25H29BrF6N4O2/c1-5-19-11-20(6-7-35(19)22(37)38-23(2,3)4)36(21-33-12-18(26)13-34-21)14-15-8-16(24(27,28)29)10-17(9-15)25(30,31)32/h8-10,12-13,19-20H,5-7,11,14H2,1-4H3/t19-,20-/m1/s1. The first-order valence-electron chi connectivity index (χ1n) is 12.0. The second-order valence-electron chi connectivity index (χ2n) is 10.2. The number of anilines is 1. The van der Waals surface area contributed by atoms with Crippen LogP contribution in [0.4, 0.5) is 37.1 Å². The minimum Gasteiger partial charge on any atom is -0.444 e. The van der Waals surface area contributed by atoms with Crippen LogP contribution in [0.1, 0.15) is 63.6 Å². The highest BCUT2D eigenvalue weighted by molar-refractivity contribution is 9.10. The van der Waals surface area contributed by atoms with Gasteiger partial charge in [0.25, 0.3) is 0 Å². The lowest BCUT2D eigenvalue weighted by Gasteiger charge is -2.43. The average Bonchev–Trinajstić information content (AvgIpc) is 2.80. The normalized spacial score (nSPS) is 18.9. The number of rotatable bonds is 5. The molecule has 0 saturated carbocycles. The summed E-state index contributed by atoms with van der Waals surface area (Å²) in [7, 11) is 0. The zero-order valence-corrected chi connectivity index (χ0v) is 22.9. The van der Waals surface area contributed by atoms with Crippen LogP contribution < -0.4 is 4.90 Å². The summed E-state index contributed by atoms with van der Waals surface area (Å²) in [6.07, 6.45) is -6.11. The number of hydrogen-bond acceptors (Lipinski definition) is 5. The Morgan fingerprint density at radius 2 is 1.61 bits per heavy atom. The molecule has 2 heterocycles. The van der Waals surface area contributed by atoms with E-state index in [1.807, 2.05) is 6.92 Å². The fourth-order valence-electron chi connectivity index (χ4n) is 4.39. The van der Waals surface area contributed by atoms with E-state index >= 15 is 0 Å². The Kier molecular flexibility index (Phi) is 8.89. The van der Waals surface area contributed by atoms with Gasteiger partial charge in [0.15, 0.2) is 0 Å². The van der Waals surface area contributed by atoms with Gasteiger partial charge in [0, 0.05) is 37.6 Å². The summed E-state index contributed by atoms with van der Waals surface area (Å²) in [5.41, 5.74) is -3.64. The molecule has 13 heteroatoms. The van der Waals surface area contributed by atoms with Crippen molar-refractivity contribution >= 4 is 28.0 Å². The Morgan fingerprint density at radius 3 is 2.08 bits per heavy atom. The van der Waals surface area contributed by atoms with Crippen LogP contribution in [0.5, 0.6) is 0 Å². The molecule has 1 aromatic carbocycles. The van der Waals surface area contributed by atoms with Crippen molar-refractivity contribution in [3.63, 3.8) is 0 Å². The summed E-state index contributed by atoms with van der Waals surface area (Å²) in [5, 5.41) is 0. The van der Waals surface area contributed by atoms with Crippen LogP contribution in [0.25, 0.3) is 0 Å². The fraction of sp³-hybridized carbons (Fsp3) is 0.560. The van der Waals surface area contributed by atoms with Gasteiger partial charge >= 0.3 is 18.4 Å². The molecule has 0 spiro atoms. The van der Waals surface area contributed by atoms with Crippen LogP contribution in [0.2, 0.25) is 0 Å². The largest absolute Gasteiger partial charge is 0.444 e. The molecule has 2 aromatic rings. The quantitative estimate of drug-likeness (QED) is 0.329. The van der Waals surface area contributed by atoms with Gasteiger partial charge in [-0.3, -0.25) is 0 Å². The van der Waals surface area contributed by atoms with Crippen molar-refractivity contribution in [2.24, 2.45) is 0 Å².